The fourth-order valence-corrected chi connectivity index (χ4v) is 1.86. The summed E-state index contributed by atoms with van der Waals surface area (Å²) in [6, 6.07) is 6.32. The maximum Gasteiger partial charge on any atom is 0.0710 e. The van der Waals surface area contributed by atoms with E-state index >= 15 is 0 Å². The summed E-state index contributed by atoms with van der Waals surface area (Å²) < 4.78 is 0. The lowest BCUT2D eigenvalue weighted by atomic mass is 10.1. The molecule has 2 rings (SSSR count). The van der Waals surface area contributed by atoms with E-state index in [1.165, 1.54) is 11.1 Å². The number of aromatic nitrogens is 1. The van der Waals surface area contributed by atoms with Gasteiger partial charge in [-0.1, -0.05) is 13.0 Å². The van der Waals surface area contributed by atoms with Gasteiger partial charge in [0, 0.05) is 17.1 Å². The molecule has 0 aliphatic rings. The Morgan fingerprint density at radius 2 is 2.23 bits per heavy atom. The summed E-state index contributed by atoms with van der Waals surface area (Å²) in [5.41, 5.74) is 3.57. The molecule has 0 spiro atoms. The molecule has 0 aromatic carbocycles. The second kappa shape index (κ2) is 3.71. The number of aryl methyl sites for hydroxylation is 1. The van der Waals surface area contributed by atoms with Crippen LogP contribution in [0.3, 0.4) is 0 Å². The van der Waals surface area contributed by atoms with E-state index in [1.807, 2.05) is 6.20 Å². The maximum absolute atomic E-state index is 4.40. The van der Waals surface area contributed by atoms with Crippen LogP contribution in [0.15, 0.2) is 35.2 Å². The minimum Gasteiger partial charge on any atom is -0.256 e. The fourth-order valence-electron chi connectivity index (χ4n) is 1.21. The lowest BCUT2D eigenvalue weighted by molar-refractivity contribution is 1.11. The Morgan fingerprint density at radius 1 is 1.31 bits per heavy atom. The zero-order valence-electron chi connectivity index (χ0n) is 7.53. The molecule has 0 saturated carbocycles. The van der Waals surface area contributed by atoms with Crippen LogP contribution in [0.25, 0.3) is 11.3 Å². The number of pyridine rings is 1. The zero-order chi connectivity index (χ0) is 9.10. The summed E-state index contributed by atoms with van der Waals surface area (Å²) in [6.07, 6.45) is 3.00. The molecule has 0 atom stereocenters. The third kappa shape index (κ3) is 1.78. The molecule has 0 N–H and O–H groups in total. The first kappa shape index (κ1) is 8.45. The van der Waals surface area contributed by atoms with Gasteiger partial charge >= 0.3 is 0 Å². The molecule has 0 radical (unpaired) electrons. The van der Waals surface area contributed by atoms with Crippen LogP contribution in [0.2, 0.25) is 0 Å². The van der Waals surface area contributed by atoms with E-state index in [0.717, 1.165) is 12.1 Å². The van der Waals surface area contributed by atoms with E-state index < -0.39 is 0 Å². The van der Waals surface area contributed by atoms with E-state index in [-0.39, 0.29) is 0 Å². The first-order valence-electron chi connectivity index (χ1n) is 4.37. The van der Waals surface area contributed by atoms with Crippen LogP contribution in [-0.4, -0.2) is 4.98 Å². The third-order valence-electron chi connectivity index (χ3n) is 2.05. The van der Waals surface area contributed by atoms with Gasteiger partial charge in [0.1, 0.15) is 0 Å². The Kier molecular flexibility index (Phi) is 2.41. The SMILES string of the molecule is CCc1ccc(-c2ccsc2)nc1. The highest BCUT2D eigenvalue weighted by Gasteiger charge is 1.98. The Morgan fingerprint density at radius 3 is 2.77 bits per heavy atom. The van der Waals surface area contributed by atoms with E-state index in [0.29, 0.717) is 0 Å². The van der Waals surface area contributed by atoms with Crippen molar-refractivity contribution >= 4 is 11.3 Å². The van der Waals surface area contributed by atoms with Crippen molar-refractivity contribution < 1.29 is 0 Å². The fraction of sp³-hybridized carbons (Fsp3) is 0.182. The van der Waals surface area contributed by atoms with Gasteiger partial charge in [-0.2, -0.15) is 11.3 Å². The molecule has 0 saturated heterocycles. The number of thiophene rings is 1. The molecule has 2 aromatic heterocycles. The van der Waals surface area contributed by atoms with Crippen LogP contribution in [-0.2, 0) is 6.42 Å². The molecule has 0 aliphatic carbocycles. The second-order valence-corrected chi connectivity index (χ2v) is 3.70. The number of rotatable bonds is 2. The van der Waals surface area contributed by atoms with Crippen LogP contribution < -0.4 is 0 Å². The van der Waals surface area contributed by atoms with Crippen LogP contribution in [0.5, 0.6) is 0 Å². The average molecular weight is 189 g/mol. The van der Waals surface area contributed by atoms with Gasteiger partial charge in [-0.05, 0) is 29.5 Å². The molecule has 0 bridgehead atoms. The van der Waals surface area contributed by atoms with E-state index in [9.17, 15) is 0 Å². The Labute approximate surface area is 82.1 Å². The number of hydrogen-bond donors (Lipinski definition) is 0. The van der Waals surface area contributed by atoms with Crippen molar-refractivity contribution in [3.63, 3.8) is 0 Å². The lowest BCUT2D eigenvalue weighted by Gasteiger charge is -1.98. The topological polar surface area (TPSA) is 12.9 Å². The number of nitrogens with zero attached hydrogens (tertiary/aromatic N) is 1. The monoisotopic (exact) mass is 189 g/mol. The molecule has 2 heterocycles. The first-order chi connectivity index (χ1) is 6.40. The van der Waals surface area contributed by atoms with Gasteiger partial charge in [0.05, 0.1) is 5.69 Å². The Balaban J connectivity index is 2.33. The van der Waals surface area contributed by atoms with E-state index in [2.05, 4.69) is 40.9 Å². The standard InChI is InChI=1S/C11H11NS/c1-2-9-3-4-11(12-7-9)10-5-6-13-8-10/h3-8H,2H2,1H3. The largest absolute Gasteiger partial charge is 0.256 e. The van der Waals surface area contributed by atoms with E-state index in [1.54, 1.807) is 11.3 Å². The highest BCUT2D eigenvalue weighted by molar-refractivity contribution is 7.08. The second-order valence-electron chi connectivity index (χ2n) is 2.92. The molecular weight excluding hydrogens is 178 g/mol. The summed E-state index contributed by atoms with van der Waals surface area (Å²) in [7, 11) is 0. The summed E-state index contributed by atoms with van der Waals surface area (Å²) in [5, 5.41) is 4.19. The summed E-state index contributed by atoms with van der Waals surface area (Å²) in [6.45, 7) is 2.14. The van der Waals surface area contributed by atoms with Gasteiger partial charge in [-0.3, -0.25) is 4.98 Å². The molecule has 0 fully saturated rings. The molecule has 2 aromatic rings. The minimum atomic E-state index is 1.05. The van der Waals surface area contributed by atoms with Crippen LogP contribution >= 0.6 is 11.3 Å². The first-order valence-corrected chi connectivity index (χ1v) is 5.32. The third-order valence-corrected chi connectivity index (χ3v) is 2.73. The zero-order valence-corrected chi connectivity index (χ0v) is 8.34. The lowest BCUT2D eigenvalue weighted by Crippen LogP contribution is -1.84. The Bertz CT molecular complexity index is 361. The summed E-state index contributed by atoms with van der Waals surface area (Å²) >= 11 is 1.70. The predicted octanol–water partition coefficient (Wildman–Crippen LogP) is 3.37. The average Bonchev–Trinajstić information content (AvgIpc) is 2.71. The quantitative estimate of drug-likeness (QED) is 0.705. The van der Waals surface area contributed by atoms with Gasteiger partial charge in [-0.25, -0.2) is 0 Å². The maximum atomic E-state index is 4.40. The van der Waals surface area contributed by atoms with Crippen molar-refractivity contribution in [2.24, 2.45) is 0 Å². The number of hydrogen-bond acceptors (Lipinski definition) is 2. The van der Waals surface area contributed by atoms with Crippen LogP contribution in [0, 0.1) is 0 Å². The van der Waals surface area contributed by atoms with Crippen molar-refractivity contribution in [3.05, 3.63) is 40.7 Å². The molecule has 1 nitrogen and oxygen atoms in total. The summed E-state index contributed by atoms with van der Waals surface area (Å²) in [4.78, 5) is 4.40. The molecule has 0 amide bonds. The van der Waals surface area contributed by atoms with Gasteiger partial charge in [0.2, 0.25) is 0 Å². The van der Waals surface area contributed by atoms with Gasteiger partial charge in [-0.15, -0.1) is 0 Å². The van der Waals surface area contributed by atoms with Crippen molar-refractivity contribution in [1.29, 1.82) is 0 Å². The smallest absolute Gasteiger partial charge is 0.0710 e. The Hall–Kier alpha value is -1.15. The molecule has 13 heavy (non-hydrogen) atoms. The normalized spacial score (nSPS) is 10.2. The predicted molar refractivity (Wildman–Crippen MR) is 56.9 cm³/mol. The van der Waals surface area contributed by atoms with Gasteiger partial charge in [0.15, 0.2) is 0 Å². The van der Waals surface area contributed by atoms with Crippen molar-refractivity contribution in [3.8, 4) is 11.3 Å². The highest BCUT2D eigenvalue weighted by atomic mass is 32.1. The van der Waals surface area contributed by atoms with Crippen LogP contribution in [0.4, 0.5) is 0 Å². The van der Waals surface area contributed by atoms with Gasteiger partial charge in [0.25, 0.3) is 0 Å². The molecule has 0 unspecified atom stereocenters. The van der Waals surface area contributed by atoms with E-state index in [4.69, 9.17) is 0 Å². The molecule has 0 aliphatic heterocycles. The molecular formula is C11H11NS. The van der Waals surface area contributed by atoms with Crippen molar-refractivity contribution in [2.75, 3.05) is 0 Å². The minimum absolute atomic E-state index is 1.05. The van der Waals surface area contributed by atoms with Crippen molar-refractivity contribution in [1.82, 2.24) is 4.98 Å². The molecule has 66 valence electrons. The highest BCUT2D eigenvalue weighted by Crippen LogP contribution is 2.19. The van der Waals surface area contributed by atoms with Crippen molar-refractivity contribution in [2.45, 2.75) is 13.3 Å². The summed E-state index contributed by atoms with van der Waals surface area (Å²) in [5.74, 6) is 0. The molecule has 2 heteroatoms. The van der Waals surface area contributed by atoms with Crippen LogP contribution in [0.1, 0.15) is 12.5 Å². The van der Waals surface area contributed by atoms with Gasteiger partial charge < -0.3 is 0 Å².